The molecule has 1 N–H and O–H groups in total. The Kier molecular flexibility index (Phi) is 5.33. The van der Waals surface area contributed by atoms with E-state index in [0.29, 0.717) is 5.56 Å². The van der Waals surface area contributed by atoms with Crippen molar-refractivity contribution in [1.82, 2.24) is 4.90 Å². The third-order valence-corrected chi connectivity index (χ3v) is 2.26. The summed E-state index contributed by atoms with van der Waals surface area (Å²) in [4.78, 5) is 1.07. The van der Waals surface area contributed by atoms with Crippen LogP contribution in [0, 0.1) is 17.7 Å². The van der Waals surface area contributed by atoms with Crippen LogP contribution in [0.25, 0.3) is 0 Å². The molecule has 104 valence electrons. The van der Waals surface area contributed by atoms with Crippen molar-refractivity contribution in [2.45, 2.75) is 12.7 Å². The summed E-state index contributed by atoms with van der Waals surface area (Å²) in [7, 11) is 1.32. The molecular weight excluding hydrogens is 262 g/mol. The number of alkyl halides is 3. The monoisotopic (exact) mass is 275 g/mol. The van der Waals surface area contributed by atoms with Crippen LogP contribution in [0.2, 0.25) is 0 Å². The highest BCUT2D eigenvalue weighted by Gasteiger charge is 2.29. The average Bonchev–Trinajstić information content (AvgIpc) is 2.27. The standard InChI is InChI=1S/C13H13F4NO/c1-18(9-13(15,16)17)8-11-4-5-12(14)7-10(11)3-2-6-19/h4-5,7,19H,6,8-9H2,1H3. The van der Waals surface area contributed by atoms with Crippen LogP contribution in [-0.4, -0.2) is 36.4 Å². The average molecular weight is 275 g/mol. The third kappa shape index (κ3) is 5.73. The van der Waals surface area contributed by atoms with Gasteiger partial charge < -0.3 is 5.11 Å². The molecule has 19 heavy (non-hydrogen) atoms. The zero-order chi connectivity index (χ0) is 14.5. The first kappa shape index (κ1) is 15.5. The number of hydrogen-bond donors (Lipinski definition) is 1. The van der Waals surface area contributed by atoms with E-state index < -0.39 is 25.1 Å². The van der Waals surface area contributed by atoms with Crippen molar-refractivity contribution in [3.8, 4) is 11.8 Å². The van der Waals surface area contributed by atoms with Gasteiger partial charge in [0.05, 0.1) is 6.54 Å². The maximum absolute atomic E-state index is 13.1. The van der Waals surface area contributed by atoms with Crippen LogP contribution in [0.1, 0.15) is 11.1 Å². The Morgan fingerprint density at radius 1 is 1.32 bits per heavy atom. The quantitative estimate of drug-likeness (QED) is 0.675. The lowest BCUT2D eigenvalue weighted by atomic mass is 10.1. The Labute approximate surface area is 108 Å². The van der Waals surface area contributed by atoms with Gasteiger partial charge in [0.15, 0.2) is 0 Å². The topological polar surface area (TPSA) is 23.5 Å². The van der Waals surface area contributed by atoms with Gasteiger partial charge in [-0.15, -0.1) is 0 Å². The second-order valence-electron chi connectivity index (χ2n) is 4.05. The van der Waals surface area contributed by atoms with Gasteiger partial charge in [0.2, 0.25) is 0 Å². The van der Waals surface area contributed by atoms with E-state index in [4.69, 9.17) is 5.11 Å². The Morgan fingerprint density at radius 3 is 2.58 bits per heavy atom. The molecule has 0 saturated heterocycles. The highest BCUT2D eigenvalue weighted by molar-refractivity contribution is 5.41. The van der Waals surface area contributed by atoms with Crippen LogP contribution >= 0.6 is 0 Å². The summed E-state index contributed by atoms with van der Waals surface area (Å²) >= 11 is 0. The van der Waals surface area contributed by atoms with Gasteiger partial charge in [-0.05, 0) is 24.7 Å². The Hall–Kier alpha value is -1.58. The lowest BCUT2D eigenvalue weighted by molar-refractivity contribution is -0.144. The van der Waals surface area contributed by atoms with E-state index in [1.54, 1.807) is 0 Å². The predicted molar refractivity (Wildman–Crippen MR) is 62.8 cm³/mol. The first-order chi connectivity index (χ1) is 8.81. The van der Waals surface area contributed by atoms with Gasteiger partial charge in [0.1, 0.15) is 12.4 Å². The SMILES string of the molecule is CN(Cc1ccc(F)cc1C#CCO)CC(F)(F)F. The van der Waals surface area contributed by atoms with Crippen LogP contribution in [-0.2, 0) is 6.54 Å². The number of halogens is 4. The van der Waals surface area contributed by atoms with Gasteiger partial charge in [-0.25, -0.2) is 4.39 Å². The second kappa shape index (κ2) is 6.55. The molecule has 0 atom stereocenters. The van der Waals surface area contributed by atoms with E-state index in [2.05, 4.69) is 11.8 Å². The summed E-state index contributed by atoms with van der Waals surface area (Å²) in [5.41, 5.74) is 0.761. The van der Waals surface area contributed by atoms with Crippen molar-refractivity contribution in [2.24, 2.45) is 0 Å². The molecule has 0 aliphatic heterocycles. The maximum Gasteiger partial charge on any atom is 0.401 e. The Morgan fingerprint density at radius 2 is 2.00 bits per heavy atom. The fraction of sp³-hybridized carbons (Fsp3) is 0.385. The first-order valence-electron chi connectivity index (χ1n) is 5.45. The minimum Gasteiger partial charge on any atom is -0.384 e. The normalized spacial score (nSPS) is 11.3. The van der Waals surface area contributed by atoms with Crippen molar-refractivity contribution in [2.75, 3.05) is 20.2 Å². The summed E-state index contributed by atoms with van der Waals surface area (Å²) in [5.74, 6) is 4.35. The van der Waals surface area contributed by atoms with Crippen molar-refractivity contribution in [1.29, 1.82) is 0 Å². The molecule has 0 saturated carbocycles. The van der Waals surface area contributed by atoms with Crippen LogP contribution < -0.4 is 0 Å². The van der Waals surface area contributed by atoms with E-state index in [1.807, 2.05) is 0 Å². The number of rotatable bonds is 3. The van der Waals surface area contributed by atoms with Gasteiger partial charge in [-0.2, -0.15) is 13.2 Å². The zero-order valence-electron chi connectivity index (χ0n) is 10.3. The van der Waals surface area contributed by atoms with Gasteiger partial charge in [0.25, 0.3) is 0 Å². The molecule has 0 aliphatic rings. The summed E-state index contributed by atoms with van der Waals surface area (Å²) in [5, 5.41) is 8.60. The summed E-state index contributed by atoms with van der Waals surface area (Å²) < 4.78 is 49.7. The molecule has 1 aromatic rings. The number of benzene rings is 1. The summed E-state index contributed by atoms with van der Waals surface area (Å²) in [6.45, 7) is -1.46. The van der Waals surface area contributed by atoms with Crippen LogP contribution in [0.5, 0.6) is 0 Å². The molecule has 0 amide bonds. The molecule has 0 bridgehead atoms. The Bertz CT molecular complexity index is 488. The lowest BCUT2D eigenvalue weighted by Gasteiger charge is -2.19. The molecule has 0 aliphatic carbocycles. The fourth-order valence-corrected chi connectivity index (χ4v) is 1.59. The van der Waals surface area contributed by atoms with Crippen molar-refractivity contribution in [3.05, 3.63) is 35.1 Å². The van der Waals surface area contributed by atoms with Crippen molar-refractivity contribution in [3.63, 3.8) is 0 Å². The molecule has 0 unspecified atom stereocenters. The van der Waals surface area contributed by atoms with Crippen LogP contribution in [0.3, 0.4) is 0 Å². The van der Waals surface area contributed by atoms with Gasteiger partial charge >= 0.3 is 6.18 Å². The second-order valence-corrected chi connectivity index (χ2v) is 4.05. The summed E-state index contributed by atoms with van der Waals surface area (Å²) in [6.07, 6.45) is -4.29. The molecule has 6 heteroatoms. The molecule has 0 spiro atoms. The first-order valence-corrected chi connectivity index (χ1v) is 5.45. The molecule has 2 nitrogen and oxygen atoms in total. The molecule has 0 radical (unpaired) electrons. The highest BCUT2D eigenvalue weighted by Crippen LogP contribution is 2.18. The van der Waals surface area contributed by atoms with E-state index in [0.717, 1.165) is 11.0 Å². The molecule has 1 aromatic carbocycles. The molecule has 0 heterocycles. The number of nitrogens with zero attached hydrogens (tertiary/aromatic N) is 1. The van der Waals surface area contributed by atoms with Crippen LogP contribution in [0.15, 0.2) is 18.2 Å². The van der Waals surface area contributed by atoms with E-state index in [1.165, 1.54) is 19.2 Å². The van der Waals surface area contributed by atoms with E-state index >= 15 is 0 Å². The summed E-state index contributed by atoms with van der Waals surface area (Å²) in [6, 6.07) is 3.70. The zero-order valence-corrected chi connectivity index (χ0v) is 10.3. The molecule has 1 rings (SSSR count). The number of aliphatic hydroxyl groups excluding tert-OH is 1. The third-order valence-electron chi connectivity index (χ3n) is 2.26. The largest absolute Gasteiger partial charge is 0.401 e. The molecular formula is C13H13F4NO. The van der Waals surface area contributed by atoms with Gasteiger partial charge in [-0.3, -0.25) is 4.90 Å². The smallest absolute Gasteiger partial charge is 0.384 e. The predicted octanol–water partition coefficient (Wildman–Crippen LogP) is 2.16. The molecule has 0 aromatic heterocycles. The minimum atomic E-state index is -4.29. The van der Waals surface area contributed by atoms with Crippen molar-refractivity contribution < 1.29 is 22.7 Å². The van der Waals surface area contributed by atoms with Gasteiger partial charge in [-0.1, -0.05) is 17.9 Å². The van der Waals surface area contributed by atoms with Crippen molar-refractivity contribution >= 4 is 0 Å². The molecule has 0 fully saturated rings. The fourth-order valence-electron chi connectivity index (χ4n) is 1.59. The maximum atomic E-state index is 13.1. The lowest BCUT2D eigenvalue weighted by Crippen LogP contribution is -2.30. The Balaban J connectivity index is 2.88. The highest BCUT2D eigenvalue weighted by atomic mass is 19.4. The van der Waals surface area contributed by atoms with E-state index in [9.17, 15) is 17.6 Å². The minimum absolute atomic E-state index is 0.00473. The van der Waals surface area contributed by atoms with Crippen LogP contribution in [0.4, 0.5) is 17.6 Å². The van der Waals surface area contributed by atoms with E-state index in [-0.39, 0.29) is 12.1 Å². The van der Waals surface area contributed by atoms with Gasteiger partial charge in [0, 0.05) is 12.1 Å². The number of hydrogen-bond acceptors (Lipinski definition) is 2. The number of aliphatic hydroxyl groups is 1.